The van der Waals surface area contributed by atoms with Gasteiger partial charge in [0, 0.05) is 26.2 Å². The van der Waals surface area contributed by atoms with Crippen molar-refractivity contribution in [3.05, 3.63) is 71.3 Å². The third kappa shape index (κ3) is 4.56. The van der Waals surface area contributed by atoms with Gasteiger partial charge in [-0.3, -0.25) is 9.69 Å². The van der Waals surface area contributed by atoms with E-state index in [2.05, 4.69) is 4.90 Å². The van der Waals surface area contributed by atoms with E-state index in [0.29, 0.717) is 26.2 Å². The molecule has 0 aromatic heterocycles. The van der Waals surface area contributed by atoms with Gasteiger partial charge in [-0.1, -0.05) is 38.1 Å². The smallest absolute Gasteiger partial charge is 0.239 e. The lowest BCUT2D eigenvalue weighted by Crippen LogP contribution is -2.54. The predicted molar refractivity (Wildman–Crippen MR) is 106 cm³/mol. The van der Waals surface area contributed by atoms with Crippen molar-refractivity contribution in [1.29, 1.82) is 0 Å². The van der Waals surface area contributed by atoms with Crippen LogP contribution >= 0.6 is 0 Å². The monoisotopic (exact) mass is 387 g/mol. The van der Waals surface area contributed by atoms with Crippen LogP contribution in [0.4, 0.5) is 8.78 Å². The van der Waals surface area contributed by atoms with E-state index in [1.165, 1.54) is 24.3 Å². The van der Waals surface area contributed by atoms with E-state index >= 15 is 0 Å². The lowest BCUT2D eigenvalue weighted by atomic mass is 9.96. The van der Waals surface area contributed by atoms with Crippen LogP contribution in [-0.4, -0.2) is 47.9 Å². The molecular weight excluding hydrogens is 360 g/mol. The summed E-state index contributed by atoms with van der Waals surface area (Å²) in [6.45, 7) is 6.37. The highest BCUT2D eigenvalue weighted by atomic mass is 19.1. The van der Waals surface area contributed by atoms with Crippen molar-refractivity contribution >= 4 is 5.91 Å². The number of hydrogen-bond acceptors (Lipinski definition) is 3. The Hall–Kier alpha value is -2.31. The highest BCUT2D eigenvalue weighted by molar-refractivity contribution is 5.82. The molecule has 6 heteroatoms. The second-order valence-electron chi connectivity index (χ2n) is 7.64. The molecule has 150 valence electrons. The number of halogens is 2. The van der Waals surface area contributed by atoms with E-state index in [-0.39, 0.29) is 29.5 Å². The molecule has 28 heavy (non-hydrogen) atoms. The van der Waals surface area contributed by atoms with Crippen LogP contribution in [0.3, 0.4) is 0 Å². The molecule has 0 aliphatic carbocycles. The van der Waals surface area contributed by atoms with Crippen molar-refractivity contribution in [3.63, 3.8) is 0 Å². The molecule has 1 unspecified atom stereocenters. The fourth-order valence-electron chi connectivity index (χ4n) is 3.60. The zero-order chi connectivity index (χ0) is 20.3. The number of rotatable bonds is 5. The number of nitrogens with two attached hydrogens (primary N) is 1. The minimum Gasteiger partial charge on any atom is -0.339 e. The standard InChI is InChI=1S/C22H27F2N3O/c1-15(2)20(25)22(28)27-13-11-26(12-14-27)21(16-3-7-18(23)8-4-16)17-5-9-19(24)10-6-17/h3-10,15,20-21H,11-14,25H2,1-2H3. The van der Waals surface area contributed by atoms with Gasteiger partial charge in [-0.15, -0.1) is 0 Å². The summed E-state index contributed by atoms with van der Waals surface area (Å²) in [4.78, 5) is 16.6. The first-order valence-corrected chi connectivity index (χ1v) is 9.66. The van der Waals surface area contributed by atoms with Gasteiger partial charge in [0.1, 0.15) is 11.6 Å². The molecular formula is C22H27F2N3O. The van der Waals surface area contributed by atoms with Crippen molar-refractivity contribution in [2.45, 2.75) is 25.9 Å². The van der Waals surface area contributed by atoms with Crippen LogP contribution in [0.5, 0.6) is 0 Å². The third-order valence-electron chi connectivity index (χ3n) is 5.37. The molecule has 1 heterocycles. The van der Waals surface area contributed by atoms with E-state index in [1.54, 1.807) is 24.3 Å². The Balaban J connectivity index is 1.79. The number of carbonyl (C=O) groups excluding carboxylic acids is 1. The van der Waals surface area contributed by atoms with Gasteiger partial charge in [0.2, 0.25) is 5.91 Å². The molecule has 4 nitrogen and oxygen atoms in total. The van der Waals surface area contributed by atoms with Gasteiger partial charge in [-0.2, -0.15) is 0 Å². The summed E-state index contributed by atoms with van der Waals surface area (Å²) in [5, 5.41) is 0. The van der Waals surface area contributed by atoms with Gasteiger partial charge in [-0.05, 0) is 41.3 Å². The molecule has 1 aliphatic heterocycles. The number of benzene rings is 2. The van der Waals surface area contributed by atoms with E-state index in [9.17, 15) is 13.6 Å². The van der Waals surface area contributed by atoms with Crippen LogP contribution in [0, 0.1) is 17.6 Å². The average Bonchev–Trinajstić information content (AvgIpc) is 2.70. The SMILES string of the molecule is CC(C)C(N)C(=O)N1CCN(C(c2ccc(F)cc2)c2ccc(F)cc2)CC1. The second-order valence-corrected chi connectivity index (χ2v) is 7.64. The molecule has 0 saturated carbocycles. The Bertz CT molecular complexity index is 739. The average molecular weight is 387 g/mol. The van der Waals surface area contributed by atoms with Crippen molar-refractivity contribution in [1.82, 2.24) is 9.80 Å². The van der Waals surface area contributed by atoms with Crippen LogP contribution in [0.2, 0.25) is 0 Å². The number of nitrogens with zero attached hydrogens (tertiary/aromatic N) is 2. The summed E-state index contributed by atoms with van der Waals surface area (Å²) in [7, 11) is 0. The van der Waals surface area contributed by atoms with Crippen LogP contribution in [-0.2, 0) is 4.79 Å². The van der Waals surface area contributed by atoms with Crippen LogP contribution < -0.4 is 5.73 Å². The summed E-state index contributed by atoms with van der Waals surface area (Å²) in [5.74, 6) is -0.508. The zero-order valence-electron chi connectivity index (χ0n) is 16.3. The summed E-state index contributed by atoms with van der Waals surface area (Å²) in [6, 6.07) is 12.2. The molecule has 1 saturated heterocycles. The summed E-state index contributed by atoms with van der Waals surface area (Å²) < 4.78 is 26.8. The van der Waals surface area contributed by atoms with Crippen LogP contribution in [0.25, 0.3) is 0 Å². The maximum Gasteiger partial charge on any atom is 0.239 e. The van der Waals surface area contributed by atoms with Gasteiger partial charge in [0.05, 0.1) is 12.1 Å². The number of piperazine rings is 1. The maximum absolute atomic E-state index is 13.4. The second kappa shape index (κ2) is 8.80. The molecule has 3 rings (SSSR count). The number of amides is 1. The highest BCUT2D eigenvalue weighted by Crippen LogP contribution is 2.30. The summed E-state index contributed by atoms with van der Waals surface area (Å²) in [5.41, 5.74) is 7.89. The molecule has 1 fully saturated rings. The van der Waals surface area contributed by atoms with Crippen molar-refractivity contribution in [3.8, 4) is 0 Å². The Labute approximate surface area is 164 Å². The Morgan fingerprint density at radius 3 is 1.68 bits per heavy atom. The van der Waals surface area contributed by atoms with Gasteiger partial charge in [-0.25, -0.2) is 8.78 Å². The molecule has 1 amide bonds. The van der Waals surface area contributed by atoms with Gasteiger partial charge in [0.25, 0.3) is 0 Å². The molecule has 2 aromatic rings. The number of carbonyl (C=O) groups is 1. The minimum atomic E-state index is -0.489. The lowest BCUT2D eigenvalue weighted by molar-refractivity contribution is -0.135. The molecule has 1 atom stereocenters. The molecule has 0 bridgehead atoms. The third-order valence-corrected chi connectivity index (χ3v) is 5.37. The summed E-state index contributed by atoms with van der Waals surface area (Å²) in [6.07, 6.45) is 0. The minimum absolute atomic E-state index is 0.0187. The molecule has 0 radical (unpaired) electrons. The topological polar surface area (TPSA) is 49.6 Å². The largest absolute Gasteiger partial charge is 0.339 e. The fourth-order valence-corrected chi connectivity index (χ4v) is 3.60. The van der Waals surface area contributed by atoms with E-state index in [0.717, 1.165) is 11.1 Å². The normalized spacial score (nSPS) is 16.6. The number of hydrogen-bond donors (Lipinski definition) is 1. The van der Waals surface area contributed by atoms with E-state index < -0.39 is 6.04 Å². The van der Waals surface area contributed by atoms with Crippen molar-refractivity contribution in [2.75, 3.05) is 26.2 Å². The van der Waals surface area contributed by atoms with E-state index in [4.69, 9.17) is 5.73 Å². The molecule has 2 N–H and O–H groups in total. The van der Waals surface area contributed by atoms with Gasteiger partial charge >= 0.3 is 0 Å². The van der Waals surface area contributed by atoms with Crippen molar-refractivity contribution < 1.29 is 13.6 Å². The first-order valence-electron chi connectivity index (χ1n) is 9.66. The Morgan fingerprint density at radius 1 is 0.857 bits per heavy atom. The first kappa shape index (κ1) is 20.4. The zero-order valence-corrected chi connectivity index (χ0v) is 16.3. The molecule has 1 aliphatic rings. The maximum atomic E-state index is 13.4. The molecule has 2 aromatic carbocycles. The first-order chi connectivity index (χ1) is 13.4. The van der Waals surface area contributed by atoms with E-state index in [1.807, 2.05) is 18.7 Å². The summed E-state index contributed by atoms with van der Waals surface area (Å²) >= 11 is 0. The fraction of sp³-hybridized carbons (Fsp3) is 0.409. The van der Waals surface area contributed by atoms with Gasteiger partial charge < -0.3 is 10.6 Å². The van der Waals surface area contributed by atoms with Crippen LogP contribution in [0.1, 0.15) is 31.0 Å². The Kier molecular flexibility index (Phi) is 6.42. The molecule has 0 spiro atoms. The highest BCUT2D eigenvalue weighted by Gasteiger charge is 2.30. The Morgan fingerprint density at radius 2 is 1.29 bits per heavy atom. The lowest BCUT2D eigenvalue weighted by Gasteiger charge is -2.40. The van der Waals surface area contributed by atoms with Crippen LogP contribution in [0.15, 0.2) is 48.5 Å². The quantitative estimate of drug-likeness (QED) is 0.857. The predicted octanol–water partition coefficient (Wildman–Crippen LogP) is 3.18. The van der Waals surface area contributed by atoms with Gasteiger partial charge in [0.15, 0.2) is 0 Å². The van der Waals surface area contributed by atoms with Crippen molar-refractivity contribution in [2.24, 2.45) is 11.7 Å².